The summed E-state index contributed by atoms with van der Waals surface area (Å²) >= 11 is 0. The third-order valence-corrected chi connectivity index (χ3v) is 5.36. The molecule has 3 rings (SSSR count). The van der Waals surface area contributed by atoms with Gasteiger partial charge in [0.25, 0.3) is 0 Å². The fraction of sp³-hybridized carbons (Fsp3) is 0.632. The van der Waals surface area contributed by atoms with E-state index >= 15 is 0 Å². The SMILES string of the molecule is CN1CCC(CN2CCN(C(C#N)c3ccccc3)CC2)CC1. The van der Waals surface area contributed by atoms with E-state index in [1.807, 2.05) is 18.2 Å². The normalized spacial score (nSPS) is 23.5. The zero-order valence-corrected chi connectivity index (χ0v) is 14.2. The molecule has 2 heterocycles. The lowest BCUT2D eigenvalue weighted by molar-refractivity contribution is 0.0879. The van der Waals surface area contributed by atoms with E-state index in [2.05, 4.69) is 39.9 Å². The molecular formula is C19H28N4. The summed E-state index contributed by atoms with van der Waals surface area (Å²) in [6.07, 6.45) is 2.67. The molecule has 2 saturated heterocycles. The van der Waals surface area contributed by atoms with Crippen molar-refractivity contribution in [1.29, 1.82) is 5.26 Å². The first-order valence-corrected chi connectivity index (χ1v) is 8.86. The Morgan fingerprint density at radius 2 is 1.70 bits per heavy atom. The molecule has 23 heavy (non-hydrogen) atoms. The molecule has 1 unspecified atom stereocenters. The van der Waals surface area contributed by atoms with Crippen LogP contribution in [0.3, 0.4) is 0 Å². The van der Waals surface area contributed by atoms with Gasteiger partial charge in [-0.1, -0.05) is 30.3 Å². The van der Waals surface area contributed by atoms with Gasteiger partial charge >= 0.3 is 0 Å². The monoisotopic (exact) mass is 312 g/mol. The largest absolute Gasteiger partial charge is 0.306 e. The fourth-order valence-corrected chi connectivity index (χ4v) is 3.82. The van der Waals surface area contributed by atoms with Gasteiger partial charge in [-0.05, 0) is 44.5 Å². The molecule has 1 aromatic carbocycles. The Bertz CT molecular complexity index is 508. The van der Waals surface area contributed by atoms with Gasteiger partial charge in [0, 0.05) is 32.7 Å². The summed E-state index contributed by atoms with van der Waals surface area (Å²) in [4.78, 5) is 7.37. The van der Waals surface area contributed by atoms with Gasteiger partial charge in [-0.25, -0.2) is 0 Å². The zero-order chi connectivity index (χ0) is 16.1. The highest BCUT2D eigenvalue weighted by Crippen LogP contribution is 2.23. The van der Waals surface area contributed by atoms with E-state index in [1.54, 1.807) is 0 Å². The number of benzene rings is 1. The summed E-state index contributed by atoms with van der Waals surface area (Å²) in [5.41, 5.74) is 1.12. The second kappa shape index (κ2) is 7.92. The number of hydrogen-bond donors (Lipinski definition) is 0. The molecule has 0 spiro atoms. The first-order valence-electron chi connectivity index (χ1n) is 8.86. The molecule has 2 aliphatic rings. The van der Waals surface area contributed by atoms with Gasteiger partial charge in [0.2, 0.25) is 0 Å². The second-order valence-corrected chi connectivity index (χ2v) is 7.03. The minimum Gasteiger partial charge on any atom is -0.306 e. The number of nitrogens with zero attached hydrogens (tertiary/aromatic N) is 4. The summed E-state index contributed by atoms with van der Waals surface area (Å²) < 4.78 is 0. The summed E-state index contributed by atoms with van der Waals surface area (Å²) in [6, 6.07) is 12.6. The van der Waals surface area contributed by atoms with E-state index in [9.17, 15) is 5.26 Å². The van der Waals surface area contributed by atoms with Crippen molar-refractivity contribution in [3.63, 3.8) is 0 Å². The second-order valence-electron chi connectivity index (χ2n) is 7.03. The zero-order valence-electron chi connectivity index (χ0n) is 14.2. The molecule has 1 atom stereocenters. The third kappa shape index (κ3) is 4.32. The molecule has 2 fully saturated rings. The van der Waals surface area contributed by atoms with Gasteiger partial charge in [0.1, 0.15) is 6.04 Å². The first kappa shape index (κ1) is 16.4. The van der Waals surface area contributed by atoms with Crippen LogP contribution in [0, 0.1) is 17.2 Å². The summed E-state index contributed by atoms with van der Waals surface area (Å²) in [6.45, 7) is 7.92. The van der Waals surface area contributed by atoms with Crippen molar-refractivity contribution in [3.8, 4) is 6.07 Å². The Morgan fingerprint density at radius 1 is 1.04 bits per heavy atom. The molecule has 2 aliphatic heterocycles. The van der Waals surface area contributed by atoms with Gasteiger partial charge in [-0.15, -0.1) is 0 Å². The maximum atomic E-state index is 9.57. The van der Waals surface area contributed by atoms with E-state index in [0.29, 0.717) is 0 Å². The lowest BCUT2D eigenvalue weighted by atomic mass is 9.96. The van der Waals surface area contributed by atoms with Crippen molar-refractivity contribution in [2.45, 2.75) is 18.9 Å². The van der Waals surface area contributed by atoms with Crippen LogP contribution in [-0.2, 0) is 0 Å². The Kier molecular flexibility index (Phi) is 5.66. The molecule has 0 aromatic heterocycles. The lowest BCUT2D eigenvalue weighted by Gasteiger charge is -2.39. The van der Waals surface area contributed by atoms with Crippen LogP contribution >= 0.6 is 0 Å². The molecule has 1 aromatic rings. The number of rotatable bonds is 4. The number of nitriles is 1. The minimum absolute atomic E-state index is 0.0957. The van der Waals surface area contributed by atoms with Crippen LogP contribution in [0.15, 0.2) is 30.3 Å². The molecule has 0 saturated carbocycles. The lowest BCUT2D eigenvalue weighted by Crippen LogP contribution is -2.49. The van der Waals surface area contributed by atoms with Crippen molar-refractivity contribution < 1.29 is 0 Å². The van der Waals surface area contributed by atoms with E-state index in [0.717, 1.165) is 37.7 Å². The Morgan fingerprint density at radius 3 is 2.30 bits per heavy atom. The van der Waals surface area contributed by atoms with Gasteiger partial charge in [0.05, 0.1) is 6.07 Å². The molecule has 124 valence electrons. The van der Waals surface area contributed by atoms with E-state index in [1.165, 1.54) is 32.5 Å². The van der Waals surface area contributed by atoms with Gasteiger partial charge in [-0.3, -0.25) is 4.90 Å². The standard InChI is InChI=1S/C19H28N4/c1-21-9-7-17(8-10-21)16-22-11-13-23(14-12-22)19(15-20)18-5-3-2-4-6-18/h2-6,17,19H,7-14,16H2,1H3. The van der Waals surface area contributed by atoms with Crippen molar-refractivity contribution in [1.82, 2.24) is 14.7 Å². The maximum absolute atomic E-state index is 9.57. The van der Waals surface area contributed by atoms with Crippen molar-refractivity contribution in [2.24, 2.45) is 5.92 Å². The quantitative estimate of drug-likeness (QED) is 0.853. The molecule has 4 nitrogen and oxygen atoms in total. The van der Waals surface area contributed by atoms with E-state index in [-0.39, 0.29) is 6.04 Å². The summed E-state index contributed by atoms with van der Waals surface area (Å²) in [7, 11) is 2.22. The van der Waals surface area contributed by atoms with E-state index in [4.69, 9.17) is 0 Å². The summed E-state index contributed by atoms with van der Waals surface area (Å²) in [5, 5.41) is 9.57. The molecule has 0 amide bonds. The Hall–Kier alpha value is -1.41. The van der Waals surface area contributed by atoms with Crippen molar-refractivity contribution in [3.05, 3.63) is 35.9 Å². The highest BCUT2D eigenvalue weighted by molar-refractivity contribution is 5.24. The molecule has 0 bridgehead atoms. The Balaban J connectivity index is 1.49. The highest BCUT2D eigenvalue weighted by Gasteiger charge is 2.26. The maximum Gasteiger partial charge on any atom is 0.123 e. The van der Waals surface area contributed by atoms with Crippen LogP contribution in [0.25, 0.3) is 0 Å². The molecule has 0 aliphatic carbocycles. The highest BCUT2D eigenvalue weighted by atomic mass is 15.3. The topological polar surface area (TPSA) is 33.5 Å². The number of likely N-dealkylation sites (tertiary alicyclic amines) is 1. The number of piperidine rings is 1. The van der Waals surface area contributed by atoms with Crippen molar-refractivity contribution in [2.75, 3.05) is 52.9 Å². The van der Waals surface area contributed by atoms with Crippen LogP contribution in [0.2, 0.25) is 0 Å². The van der Waals surface area contributed by atoms with E-state index < -0.39 is 0 Å². The fourth-order valence-electron chi connectivity index (χ4n) is 3.82. The molecule has 0 radical (unpaired) electrons. The molecule has 0 N–H and O–H groups in total. The smallest absolute Gasteiger partial charge is 0.123 e. The molecular weight excluding hydrogens is 284 g/mol. The first-order chi connectivity index (χ1) is 11.3. The van der Waals surface area contributed by atoms with Crippen LogP contribution < -0.4 is 0 Å². The Labute approximate surface area is 140 Å². The average Bonchev–Trinajstić information content (AvgIpc) is 2.60. The van der Waals surface area contributed by atoms with Gasteiger partial charge in [0.15, 0.2) is 0 Å². The van der Waals surface area contributed by atoms with Crippen LogP contribution in [0.4, 0.5) is 0 Å². The third-order valence-electron chi connectivity index (χ3n) is 5.36. The average molecular weight is 312 g/mol. The minimum atomic E-state index is -0.0957. The summed E-state index contributed by atoms with van der Waals surface area (Å²) in [5.74, 6) is 0.860. The predicted molar refractivity (Wildman–Crippen MR) is 93.0 cm³/mol. The van der Waals surface area contributed by atoms with Crippen LogP contribution in [-0.4, -0.2) is 67.6 Å². The number of piperazine rings is 1. The predicted octanol–water partition coefficient (Wildman–Crippen LogP) is 2.21. The number of hydrogen-bond acceptors (Lipinski definition) is 4. The van der Waals surface area contributed by atoms with Crippen LogP contribution in [0.5, 0.6) is 0 Å². The van der Waals surface area contributed by atoms with Gasteiger partial charge in [-0.2, -0.15) is 5.26 Å². The van der Waals surface area contributed by atoms with Gasteiger partial charge < -0.3 is 9.80 Å². The van der Waals surface area contributed by atoms with Crippen molar-refractivity contribution >= 4 is 0 Å². The molecule has 4 heteroatoms. The van der Waals surface area contributed by atoms with Crippen LogP contribution in [0.1, 0.15) is 24.4 Å².